The van der Waals surface area contributed by atoms with E-state index in [1.165, 1.54) is 15.4 Å². The van der Waals surface area contributed by atoms with Crippen molar-refractivity contribution < 1.29 is 96.0 Å². The first-order valence-electron chi connectivity index (χ1n) is 37.0. The van der Waals surface area contributed by atoms with Gasteiger partial charge in [-0.2, -0.15) is 13.2 Å². The van der Waals surface area contributed by atoms with Gasteiger partial charge in [0, 0.05) is 4.47 Å². The molecule has 0 amide bonds. The first kappa shape index (κ1) is 101. The monoisotopic (exact) mass is 2030 g/mol. The number of benzene rings is 12. The minimum Gasteiger partial charge on any atom is -0.537 e. The summed E-state index contributed by atoms with van der Waals surface area (Å²) in [5.41, 5.74) is 8.76. The van der Waals surface area contributed by atoms with Crippen LogP contribution in [0.3, 0.4) is 0 Å². The van der Waals surface area contributed by atoms with Gasteiger partial charge in [0.25, 0.3) is 17.6 Å². The minimum atomic E-state index is -5.08. The number of phenolic OH excluding ortho intramolecular Hbond substituents is 2. The Labute approximate surface area is 797 Å². The molecule has 0 aliphatic carbocycles. The number of aromatic carboxylic acids is 2. The molecule has 15 aromatic rings. The molecular formula is C89H65BBrCl10F3N9O17. The summed E-state index contributed by atoms with van der Waals surface area (Å²) >= 11 is 62.4. The number of hydrogen-bond acceptors (Lipinski definition) is 20. The van der Waals surface area contributed by atoms with Crippen LogP contribution in [0.15, 0.2) is 265 Å². The van der Waals surface area contributed by atoms with E-state index >= 15 is 0 Å². The summed E-state index contributed by atoms with van der Waals surface area (Å²) < 4.78 is 73.1. The standard InChI is InChI=1S/C25H21Cl2N3O4.C23H17Cl2N3O4.C15H9Cl2N3O3.C12H8Cl2O.C6H4BCl2O2.C6H5BrO.C2HF3O2/c1-3-33-25(31)23-24(30(29-28-23)15-16-4-9-19(32-2)10-5-16)34-20-11-6-17(7-12-20)18-8-13-21(26)22(27)14-18;1-31-17-7-2-14(3-8-17)13-28-22(21(23(29)30)26-27-28)32-18-9-4-15(5-10-18)16-6-11-19(24)20(25)12-16;16-11-6-3-9(7-12(11)17)8-1-4-10(5-2-8)23-14-13(15(21)22)18-20-19-14;13-11-6-3-9(7-12(11)14)8-1-4-10(15)5-2-8;8-5-2-1-4(11-7-10)3-6(5)9;7-5-1-3-6(8)4-2-5;3-2(4,5)1(6)7/h4-14H,3,15H2,1-2H3;2-12H,13H2,1H3,(H,29,30);1-7H,(H,21,22)(H,18,19,20);1-7,15H;1-3,10H;1-4,8H;(H,6,7). The van der Waals surface area contributed by atoms with Gasteiger partial charge in [0.2, 0.25) is 17.1 Å². The van der Waals surface area contributed by atoms with E-state index in [0.29, 0.717) is 93.2 Å². The zero-order chi connectivity index (χ0) is 94.3. The Morgan fingerprint density at radius 2 is 0.723 bits per heavy atom. The van der Waals surface area contributed by atoms with Crippen molar-refractivity contribution in [1.29, 1.82) is 0 Å². The normalized spacial score (nSPS) is 10.4. The SMILES string of the molecule is CCOC(=O)c1nnn(Cc2ccc(OC)cc2)c1Oc1ccc(-c2ccc(Cl)c(Cl)c2)cc1.COc1ccc(Cn2nnc(C(=O)O)c2Oc2ccc(-c3ccc(Cl)c(Cl)c3)cc2)cc1.O=C(O)C(F)(F)F.O=C(O)c1[nH]nnc1Oc1ccc(-c2ccc(Cl)c(Cl)c2)cc1.O[B]Oc1ccc(Cl)c(Cl)c1.Oc1ccc(-c2ccc(Cl)c(Cl)c2)cc1.Oc1ccc(Br)cc1. The molecular weight excluding hydrogens is 1970 g/mol. The van der Waals surface area contributed by atoms with Gasteiger partial charge in [-0.05, 0) is 226 Å². The topological polar surface area (TPSA) is 357 Å². The number of phenols is 2. The number of aromatic hydroxyl groups is 2. The molecule has 0 unspecified atom stereocenters. The van der Waals surface area contributed by atoms with E-state index in [1.54, 1.807) is 155 Å². The van der Waals surface area contributed by atoms with E-state index in [2.05, 4.69) is 56.6 Å². The highest BCUT2D eigenvalue weighted by Gasteiger charge is 2.38. The maximum absolute atomic E-state index is 12.4. The summed E-state index contributed by atoms with van der Waals surface area (Å²) in [4.78, 5) is 43.9. The van der Waals surface area contributed by atoms with Gasteiger partial charge in [0.05, 0.1) is 84.1 Å². The molecule has 7 N–H and O–H groups in total. The number of carbonyl (C=O) groups is 4. The number of ether oxygens (including phenoxy) is 6. The molecule has 0 bridgehead atoms. The molecule has 130 heavy (non-hydrogen) atoms. The number of aromatic amines is 1. The van der Waals surface area contributed by atoms with E-state index < -0.39 is 30.1 Å². The van der Waals surface area contributed by atoms with E-state index in [9.17, 15) is 32.7 Å². The number of carboxylic acid groups (broad SMARTS) is 3. The lowest BCUT2D eigenvalue weighted by Gasteiger charge is -2.11. The number of aromatic nitrogens is 9. The molecule has 1 radical (unpaired) electrons. The number of carboxylic acids is 3. The number of carbonyl (C=O) groups excluding carboxylic acids is 1. The highest BCUT2D eigenvalue weighted by atomic mass is 79.9. The number of H-pyrrole nitrogens is 1. The van der Waals surface area contributed by atoms with Crippen molar-refractivity contribution in [2.45, 2.75) is 26.2 Å². The van der Waals surface area contributed by atoms with Gasteiger partial charge in [0.1, 0.15) is 46.0 Å². The lowest BCUT2D eigenvalue weighted by atomic mass is 10.1. The molecule has 0 spiro atoms. The molecule has 0 atom stereocenters. The summed E-state index contributed by atoms with van der Waals surface area (Å²) in [5, 5.41) is 81.6. The lowest BCUT2D eigenvalue weighted by Crippen LogP contribution is -2.21. The number of halogens is 14. The predicted molar refractivity (Wildman–Crippen MR) is 495 cm³/mol. The average molecular weight is 2030 g/mol. The molecule has 669 valence electrons. The van der Waals surface area contributed by atoms with Crippen LogP contribution in [0.2, 0.25) is 50.2 Å². The molecule has 41 heteroatoms. The van der Waals surface area contributed by atoms with Gasteiger partial charge in [-0.3, -0.25) is 0 Å². The minimum absolute atomic E-state index is 0.00363. The molecule has 0 saturated heterocycles. The van der Waals surface area contributed by atoms with Crippen LogP contribution in [0.4, 0.5) is 13.2 Å². The fourth-order valence-electron chi connectivity index (χ4n) is 10.6. The summed E-state index contributed by atoms with van der Waals surface area (Å²) in [6.45, 7) is 2.55. The van der Waals surface area contributed by atoms with Crippen molar-refractivity contribution in [3.63, 3.8) is 0 Å². The van der Waals surface area contributed by atoms with Crippen LogP contribution in [0.1, 0.15) is 49.5 Å². The maximum atomic E-state index is 12.4. The second-order valence-corrected chi connectivity index (χ2v) is 30.8. The van der Waals surface area contributed by atoms with Gasteiger partial charge in [-0.1, -0.05) is 250 Å². The van der Waals surface area contributed by atoms with Gasteiger partial charge in [0.15, 0.2) is 0 Å². The van der Waals surface area contributed by atoms with Crippen molar-refractivity contribution in [2.75, 3.05) is 20.8 Å². The van der Waals surface area contributed by atoms with Crippen molar-refractivity contribution in [3.8, 4) is 108 Å². The molecule has 12 aromatic carbocycles. The van der Waals surface area contributed by atoms with Gasteiger partial charge in [-0.25, -0.2) is 33.6 Å². The number of methoxy groups -OCH3 is 2. The molecule has 3 aromatic heterocycles. The van der Waals surface area contributed by atoms with Gasteiger partial charge in [-0.15, -0.1) is 10.2 Å². The van der Waals surface area contributed by atoms with E-state index in [4.69, 9.17) is 175 Å². The van der Waals surface area contributed by atoms with Crippen LogP contribution in [-0.4, -0.2) is 135 Å². The molecule has 0 aliphatic heterocycles. The summed E-state index contributed by atoms with van der Waals surface area (Å²) in [5.74, 6) is -1.82. The largest absolute Gasteiger partial charge is 0.569 e. The average Bonchev–Trinajstić information content (AvgIpc) is 1.67. The number of aliphatic carboxylic acids is 1. The Hall–Kier alpha value is -12.5. The highest BCUT2D eigenvalue weighted by molar-refractivity contribution is 9.10. The van der Waals surface area contributed by atoms with Crippen LogP contribution < -0.4 is 28.3 Å². The predicted octanol–water partition coefficient (Wildman–Crippen LogP) is 25.4. The number of rotatable bonds is 22. The van der Waals surface area contributed by atoms with Crippen LogP contribution in [0, 0.1) is 0 Å². The Kier molecular flexibility index (Phi) is 38.5. The molecule has 3 heterocycles. The Morgan fingerprint density at radius 1 is 0.408 bits per heavy atom. The number of alkyl halides is 3. The van der Waals surface area contributed by atoms with Crippen LogP contribution >= 0.6 is 132 Å². The number of nitrogens with one attached hydrogen (secondary N) is 1. The summed E-state index contributed by atoms with van der Waals surface area (Å²) in [6, 6.07) is 76.4. The Morgan fingerprint density at radius 3 is 1.05 bits per heavy atom. The Bertz CT molecular complexity index is 6310. The second-order valence-electron chi connectivity index (χ2n) is 25.8. The van der Waals surface area contributed by atoms with Crippen LogP contribution in [0.5, 0.6) is 63.6 Å². The molecule has 0 saturated carbocycles. The molecule has 0 fully saturated rings. The lowest BCUT2D eigenvalue weighted by molar-refractivity contribution is -0.192. The van der Waals surface area contributed by atoms with E-state index in [1.807, 2.05) is 121 Å². The van der Waals surface area contributed by atoms with Crippen molar-refractivity contribution >= 4 is 164 Å². The van der Waals surface area contributed by atoms with Crippen molar-refractivity contribution in [1.82, 2.24) is 45.4 Å². The summed E-state index contributed by atoms with van der Waals surface area (Å²) in [7, 11) is 3.78. The quantitative estimate of drug-likeness (QED) is 0.0245. The highest BCUT2D eigenvalue weighted by Crippen LogP contribution is 2.38. The summed E-state index contributed by atoms with van der Waals surface area (Å²) in [6.07, 6.45) is -5.08. The van der Waals surface area contributed by atoms with Crippen LogP contribution in [-0.2, 0) is 22.6 Å². The second kappa shape index (κ2) is 49.4. The van der Waals surface area contributed by atoms with Gasteiger partial charge >= 0.3 is 37.7 Å². The van der Waals surface area contributed by atoms with E-state index in [-0.39, 0.29) is 53.6 Å². The zero-order valence-electron chi connectivity index (χ0n) is 67.1. The van der Waals surface area contributed by atoms with Crippen molar-refractivity contribution in [2.24, 2.45) is 0 Å². The smallest absolute Gasteiger partial charge is 0.537 e. The van der Waals surface area contributed by atoms with Crippen molar-refractivity contribution in [3.05, 3.63) is 344 Å². The number of nitrogens with zero attached hydrogens (tertiary/aromatic N) is 8. The van der Waals surface area contributed by atoms with E-state index in [0.717, 1.165) is 71.6 Å². The third-order valence-corrected chi connectivity index (χ3v) is 21.2. The zero-order valence-corrected chi connectivity index (χ0v) is 76.2. The molecule has 15 rings (SSSR count). The third-order valence-electron chi connectivity index (χ3n) is 17.0. The number of hydrogen-bond donors (Lipinski definition) is 7. The van der Waals surface area contributed by atoms with Crippen LogP contribution in [0.25, 0.3) is 44.5 Å². The number of esters is 1. The van der Waals surface area contributed by atoms with Gasteiger partial charge < -0.3 is 63.6 Å². The Balaban J connectivity index is 0.000000182. The fraction of sp³-hybridized carbons (Fsp3) is 0.0787. The first-order valence-corrected chi connectivity index (χ1v) is 41.6. The fourth-order valence-corrected chi connectivity index (χ4v) is 12.4. The molecule has 0 aliphatic rings. The third kappa shape index (κ3) is 30.6. The first-order chi connectivity index (χ1) is 62.1. The molecule has 26 nitrogen and oxygen atoms in total. The maximum Gasteiger partial charge on any atom is 0.569 e.